The van der Waals surface area contributed by atoms with Gasteiger partial charge in [0.15, 0.2) is 0 Å². The molecule has 1 aromatic rings. The van der Waals surface area contributed by atoms with E-state index >= 15 is 0 Å². The molecule has 0 spiro atoms. The fraction of sp³-hybridized carbons (Fsp3) is 0.444. The summed E-state index contributed by atoms with van der Waals surface area (Å²) >= 11 is 0. The lowest BCUT2D eigenvalue weighted by Crippen LogP contribution is -2.52. The Hall–Kier alpha value is -3.10. The number of hydrogen-bond donors (Lipinski definition) is 3. The Morgan fingerprint density at radius 3 is 2.85 bits per heavy atom. The standard InChI is InChI=1S/C18H22N4O5/c1-2-27-18(26)20-8-7-19-12-3-4-13-11(9-12)10-22(17(13)25)14-5-6-15(23)21-16(14)24/h3-4,9,14,19H,2,5-8,10H2,1H3,(H,20,26)(H,21,23,24). The number of rotatable bonds is 6. The Bertz CT molecular complexity index is 779. The number of imide groups is 1. The van der Waals surface area contributed by atoms with Crippen molar-refractivity contribution < 1.29 is 23.9 Å². The lowest BCUT2D eigenvalue weighted by Gasteiger charge is -2.29. The normalized spacial score (nSPS) is 18.8. The van der Waals surface area contributed by atoms with Crippen LogP contribution in [0.25, 0.3) is 0 Å². The maximum Gasteiger partial charge on any atom is 0.407 e. The van der Waals surface area contributed by atoms with Crippen LogP contribution in [0.4, 0.5) is 10.5 Å². The highest BCUT2D eigenvalue weighted by Gasteiger charge is 2.38. The molecule has 1 saturated heterocycles. The highest BCUT2D eigenvalue weighted by atomic mass is 16.5. The molecule has 1 atom stereocenters. The first-order valence-electron chi connectivity index (χ1n) is 8.91. The molecule has 0 radical (unpaired) electrons. The molecule has 0 aliphatic carbocycles. The number of carbonyl (C=O) groups is 4. The number of nitrogens with one attached hydrogen (secondary N) is 3. The number of hydrogen-bond acceptors (Lipinski definition) is 6. The van der Waals surface area contributed by atoms with Gasteiger partial charge in [-0.25, -0.2) is 4.79 Å². The van der Waals surface area contributed by atoms with Crippen LogP contribution in [0.15, 0.2) is 18.2 Å². The van der Waals surface area contributed by atoms with E-state index in [1.807, 2.05) is 6.07 Å². The number of amides is 4. The summed E-state index contributed by atoms with van der Waals surface area (Å²) in [7, 11) is 0. The van der Waals surface area contributed by atoms with Crippen molar-refractivity contribution >= 4 is 29.5 Å². The molecule has 1 unspecified atom stereocenters. The minimum Gasteiger partial charge on any atom is -0.450 e. The Morgan fingerprint density at radius 2 is 2.11 bits per heavy atom. The quantitative estimate of drug-likeness (QED) is 0.496. The lowest BCUT2D eigenvalue weighted by atomic mass is 10.0. The number of benzene rings is 1. The van der Waals surface area contributed by atoms with Gasteiger partial charge >= 0.3 is 6.09 Å². The molecule has 2 heterocycles. The summed E-state index contributed by atoms with van der Waals surface area (Å²) in [5.74, 6) is -0.922. The Balaban J connectivity index is 1.58. The molecule has 0 saturated carbocycles. The molecule has 1 fully saturated rings. The highest BCUT2D eigenvalue weighted by molar-refractivity contribution is 6.05. The SMILES string of the molecule is CCOC(=O)NCCNc1ccc2c(c1)CN(C1CCC(=O)NC1=O)C2=O. The third-order valence-electron chi connectivity index (χ3n) is 4.52. The Labute approximate surface area is 156 Å². The first kappa shape index (κ1) is 18.7. The van der Waals surface area contributed by atoms with Crippen molar-refractivity contribution in [3.05, 3.63) is 29.3 Å². The van der Waals surface area contributed by atoms with E-state index in [9.17, 15) is 19.2 Å². The van der Waals surface area contributed by atoms with E-state index in [0.29, 0.717) is 38.2 Å². The molecule has 144 valence electrons. The van der Waals surface area contributed by atoms with Crippen molar-refractivity contribution in [2.75, 3.05) is 25.0 Å². The number of fused-ring (bicyclic) bond motifs is 1. The molecule has 4 amide bonds. The summed E-state index contributed by atoms with van der Waals surface area (Å²) in [5.41, 5.74) is 2.21. The van der Waals surface area contributed by atoms with Gasteiger partial charge in [0.05, 0.1) is 6.61 Å². The second-order valence-corrected chi connectivity index (χ2v) is 6.35. The maximum atomic E-state index is 12.6. The summed E-state index contributed by atoms with van der Waals surface area (Å²) in [5, 5.41) is 8.07. The van der Waals surface area contributed by atoms with Gasteiger partial charge in [-0.1, -0.05) is 0 Å². The molecule has 0 bridgehead atoms. The van der Waals surface area contributed by atoms with E-state index in [1.54, 1.807) is 19.1 Å². The van der Waals surface area contributed by atoms with Crippen molar-refractivity contribution in [1.82, 2.24) is 15.5 Å². The number of nitrogens with zero attached hydrogens (tertiary/aromatic N) is 1. The van der Waals surface area contributed by atoms with Gasteiger partial charge in [-0.2, -0.15) is 0 Å². The van der Waals surface area contributed by atoms with Crippen molar-refractivity contribution in [2.24, 2.45) is 0 Å². The van der Waals surface area contributed by atoms with Gasteiger partial charge in [-0.05, 0) is 37.1 Å². The van der Waals surface area contributed by atoms with E-state index in [1.165, 1.54) is 4.90 Å². The minimum atomic E-state index is -0.618. The molecule has 9 nitrogen and oxygen atoms in total. The smallest absolute Gasteiger partial charge is 0.407 e. The van der Waals surface area contributed by atoms with E-state index in [0.717, 1.165) is 11.3 Å². The molecular formula is C18H22N4O5. The van der Waals surface area contributed by atoms with Crippen molar-refractivity contribution in [1.29, 1.82) is 0 Å². The number of alkyl carbamates (subject to hydrolysis) is 1. The summed E-state index contributed by atoms with van der Waals surface area (Å²) < 4.78 is 4.78. The van der Waals surface area contributed by atoms with Crippen molar-refractivity contribution in [3.63, 3.8) is 0 Å². The summed E-state index contributed by atoms with van der Waals surface area (Å²) in [4.78, 5) is 48.7. The van der Waals surface area contributed by atoms with E-state index in [-0.39, 0.29) is 18.2 Å². The molecule has 27 heavy (non-hydrogen) atoms. The third-order valence-corrected chi connectivity index (χ3v) is 4.52. The highest BCUT2D eigenvalue weighted by Crippen LogP contribution is 2.29. The van der Waals surface area contributed by atoms with Crippen LogP contribution in [-0.2, 0) is 20.9 Å². The zero-order chi connectivity index (χ0) is 19.4. The molecule has 2 aliphatic heterocycles. The van der Waals surface area contributed by atoms with Gasteiger partial charge < -0.3 is 20.3 Å². The molecule has 0 aromatic heterocycles. The van der Waals surface area contributed by atoms with Crippen LogP contribution in [0.3, 0.4) is 0 Å². The molecule has 2 aliphatic rings. The number of piperidine rings is 1. The van der Waals surface area contributed by atoms with Gasteiger partial charge in [0.1, 0.15) is 6.04 Å². The van der Waals surface area contributed by atoms with E-state index in [2.05, 4.69) is 16.0 Å². The zero-order valence-electron chi connectivity index (χ0n) is 15.0. The van der Waals surface area contributed by atoms with Crippen LogP contribution in [0.1, 0.15) is 35.7 Å². The Morgan fingerprint density at radius 1 is 1.30 bits per heavy atom. The first-order valence-corrected chi connectivity index (χ1v) is 8.91. The minimum absolute atomic E-state index is 0.199. The van der Waals surface area contributed by atoms with Crippen LogP contribution in [0.2, 0.25) is 0 Å². The topological polar surface area (TPSA) is 117 Å². The monoisotopic (exact) mass is 374 g/mol. The number of carbonyl (C=O) groups excluding carboxylic acids is 4. The summed E-state index contributed by atoms with van der Waals surface area (Å²) in [6, 6.07) is 4.76. The Kier molecular flexibility index (Phi) is 5.58. The molecule has 1 aromatic carbocycles. The number of anilines is 1. The maximum absolute atomic E-state index is 12.6. The average molecular weight is 374 g/mol. The second-order valence-electron chi connectivity index (χ2n) is 6.35. The molecule has 3 rings (SSSR count). The van der Waals surface area contributed by atoms with Gasteiger partial charge in [0.25, 0.3) is 5.91 Å². The first-order chi connectivity index (χ1) is 13.0. The molecule has 3 N–H and O–H groups in total. The van der Waals surface area contributed by atoms with Crippen LogP contribution < -0.4 is 16.0 Å². The van der Waals surface area contributed by atoms with Crippen LogP contribution in [0, 0.1) is 0 Å². The van der Waals surface area contributed by atoms with Gasteiger partial charge in [-0.15, -0.1) is 0 Å². The van der Waals surface area contributed by atoms with Crippen LogP contribution >= 0.6 is 0 Å². The van der Waals surface area contributed by atoms with Crippen LogP contribution in [-0.4, -0.2) is 54.5 Å². The zero-order valence-corrected chi connectivity index (χ0v) is 15.0. The average Bonchev–Trinajstić information content (AvgIpc) is 2.95. The van der Waals surface area contributed by atoms with Gasteiger partial charge in [0, 0.05) is 37.3 Å². The van der Waals surface area contributed by atoms with Crippen LogP contribution in [0.5, 0.6) is 0 Å². The van der Waals surface area contributed by atoms with Gasteiger partial charge in [-0.3, -0.25) is 19.7 Å². The molecule has 9 heteroatoms. The third kappa shape index (κ3) is 4.18. The molecular weight excluding hydrogens is 352 g/mol. The second kappa shape index (κ2) is 8.07. The summed E-state index contributed by atoms with van der Waals surface area (Å²) in [6.45, 7) is 3.29. The predicted octanol–water partition coefficient (Wildman–Crippen LogP) is 0.606. The predicted molar refractivity (Wildman–Crippen MR) is 96.0 cm³/mol. The van der Waals surface area contributed by atoms with Crippen molar-refractivity contribution in [3.8, 4) is 0 Å². The fourth-order valence-corrected chi connectivity index (χ4v) is 3.24. The lowest BCUT2D eigenvalue weighted by molar-refractivity contribution is -0.136. The van der Waals surface area contributed by atoms with E-state index in [4.69, 9.17) is 4.74 Å². The largest absolute Gasteiger partial charge is 0.450 e. The number of ether oxygens (including phenoxy) is 1. The summed E-state index contributed by atoms with van der Waals surface area (Å²) in [6.07, 6.45) is 0.116. The van der Waals surface area contributed by atoms with Crippen molar-refractivity contribution in [2.45, 2.75) is 32.4 Å². The van der Waals surface area contributed by atoms with Gasteiger partial charge in [0.2, 0.25) is 11.8 Å². The fourth-order valence-electron chi connectivity index (χ4n) is 3.24. The van der Waals surface area contributed by atoms with E-state index < -0.39 is 18.0 Å².